The van der Waals surface area contributed by atoms with Crippen molar-refractivity contribution in [3.63, 3.8) is 0 Å². The van der Waals surface area contributed by atoms with Crippen molar-refractivity contribution in [3.05, 3.63) is 94.0 Å². The van der Waals surface area contributed by atoms with Gasteiger partial charge in [0.1, 0.15) is 6.54 Å². The minimum absolute atomic E-state index is 0.0550. The SMILES string of the molecule is Cc1ccc(-c2noc(-c3cccn4c(=O)n(CC(=O)N[C@@H]5CCc6ccccc65)nc34)n2)cc1. The Morgan fingerprint density at radius 3 is 2.80 bits per heavy atom. The monoisotopic (exact) mass is 466 g/mol. The van der Waals surface area contributed by atoms with Crippen LogP contribution in [0.2, 0.25) is 0 Å². The molecule has 0 aliphatic heterocycles. The van der Waals surface area contributed by atoms with Crippen LogP contribution in [0.1, 0.15) is 29.2 Å². The maximum absolute atomic E-state index is 13.0. The molecule has 0 bridgehead atoms. The van der Waals surface area contributed by atoms with Gasteiger partial charge in [0, 0.05) is 11.8 Å². The van der Waals surface area contributed by atoms with Crippen molar-refractivity contribution in [2.24, 2.45) is 0 Å². The van der Waals surface area contributed by atoms with Crippen molar-refractivity contribution in [2.75, 3.05) is 0 Å². The first-order valence-electron chi connectivity index (χ1n) is 11.4. The van der Waals surface area contributed by atoms with Gasteiger partial charge in [0.25, 0.3) is 5.89 Å². The number of carbonyl (C=O) groups is 1. The lowest BCUT2D eigenvalue weighted by molar-refractivity contribution is -0.122. The minimum Gasteiger partial charge on any atom is -0.348 e. The zero-order valence-corrected chi connectivity index (χ0v) is 19.0. The summed E-state index contributed by atoms with van der Waals surface area (Å²) in [5.74, 6) is 0.425. The summed E-state index contributed by atoms with van der Waals surface area (Å²) in [5.41, 5.74) is 4.78. The van der Waals surface area contributed by atoms with Crippen LogP contribution in [-0.4, -0.2) is 30.2 Å². The van der Waals surface area contributed by atoms with Crippen molar-refractivity contribution in [1.29, 1.82) is 0 Å². The molecule has 6 rings (SSSR count). The quantitative estimate of drug-likeness (QED) is 0.426. The third-order valence-electron chi connectivity index (χ3n) is 6.34. The number of rotatable bonds is 5. The lowest BCUT2D eigenvalue weighted by atomic mass is 10.1. The second-order valence-corrected chi connectivity index (χ2v) is 8.70. The van der Waals surface area contributed by atoms with E-state index >= 15 is 0 Å². The second-order valence-electron chi connectivity index (χ2n) is 8.70. The highest BCUT2D eigenvalue weighted by Crippen LogP contribution is 2.30. The predicted octanol–water partition coefficient (Wildman–Crippen LogP) is 3.33. The van der Waals surface area contributed by atoms with E-state index in [1.165, 1.54) is 9.96 Å². The van der Waals surface area contributed by atoms with E-state index in [-0.39, 0.29) is 24.4 Å². The lowest BCUT2D eigenvalue weighted by Gasteiger charge is -2.13. The van der Waals surface area contributed by atoms with E-state index in [1.54, 1.807) is 18.3 Å². The normalized spacial score (nSPS) is 14.8. The zero-order chi connectivity index (χ0) is 23.9. The first-order valence-corrected chi connectivity index (χ1v) is 11.4. The molecule has 35 heavy (non-hydrogen) atoms. The molecule has 5 aromatic rings. The summed E-state index contributed by atoms with van der Waals surface area (Å²) in [6, 6.07) is 19.3. The molecule has 3 aromatic heterocycles. The molecule has 9 heteroatoms. The van der Waals surface area contributed by atoms with E-state index in [2.05, 4.69) is 26.6 Å². The minimum atomic E-state index is -0.415. The molecule has 1 atom stereocenters. The van der Waals surface area contributed by atoms with Crippen molar-refractivity contribution in [3.8, 4) is 22.8 Å². The summed E-state index contributed by atoms with van der Waals surface area (Å²) in [7, 11) is 0. The molecule has 0 unspecified atom stereocenters. The van der Waals surface area contributed by atoms with E-state index in [1.807, 2.05) is 49.4 Å². The number of nitrogens with one attached hydrogen (secondary N) is 1. The summed E-state index contributed by atoms with van der Waals surface area (Å²) >= 11 is 0. The Balaban J connectivity index is 1.27. The van der Waals surface area contributed by atoms with Crippen molar-refractivity contribution >= 4 is 11.6 Å². The van der Waals surface area contributed by atoms with E-state index in [4.69, 9.17) is 4.52 Å². The standard InChI is InChI=1S/C26H22N6O3/c1-16-8-10-18(11-9-16)23-28-25(35-30-23)20-7-4-14-31-24(20)29-32(26(31)34)15-22(33)27-21-13-12-17-5-2-3-6-19(17)21/h2-11,14,21H,12-13,15H2,1H3,(H,27,33)/t21-/m1/s1. The molecule has 9 nitrogen and oxygen atoms in total. The fraction of sp³-hybridized carbons (Fsp3) is 0.192. The molecule has 1 aliphatic carbocycles. The summed E-state index contributed by atoms with van der Waals surface area (Å²) in [5, 5.41) is 11.5. The van der Waals surface area contributed by atoms with Gasteiger partial charge in [-0.2, -0.15) is 4.98 Å². The van der Waals surface area contributed by atoms with E-state index in [0.29, 0.717) is 17.0 Å². The highest BCUT2D eigenvalue weighted by molar-refractivity contribution is 5.77. The van der Waals surface area contributed by atoms with Gasteiger partial charge in [-0.25, -0.2) is 13.9 Å². The molecular formula is C26H22N6O3. The first-order chi connectivity index (χ1) is 17.1. The Kier molecular flexibility index (Phi) is 5.02. The molecule has 0 radical (unpaired) electrons. The molecule has 3 heterocycles. The van der Waals surface area contributed by atoms with Gasteiger partial charge in [-0.15, -0.1) is 5.10 Å². The molecule has 1 aliphatic rings. The zero-order valence-electron chi connectivity index (χ0n) is 19.0. The van der Waals surface area contributed by atoms with Gasteiger partial charge in [-0.05, 0) is 43.0 Å². The van der Waals surface area contributed by atoms with E-state index < -0.39 is 5.69 Å². The molecular weight excluding hydrogens is 444 g/mol. The smallest absolute Gasteiger partial charge is 0.348 e. The number of pyridine rings is 1. The maximum Gasteiger partial charge on any atom is 0.350 e. The van der Waals surface area contributed by atoms with Crippen molar-refractivity contribution < 1.29 is 9.32 Å². The number of aromatic nitrogens is 5. The molecule has 0 saturated heterocycles. The van der Waals surface area contributed by atoms with E-state index in [0.717, 1.165) is 34.2 Å². The molecule has 1 N–H and O–H groups in total. The van der Waals surface area contributed by atoms with Gasteiger partial charge in [-0.3, -0.25) is 4.79 Å². The Hall–Kier alpha value is -4.53. The average molecular weight is 467 g/mol. The van der Waals surface area contributed by atoms with Crippen molar-refractivity contribution in [1.82, 2.24) is 29.6 Å². The number of benzene rings is 2. The van der Waals surface area contributed by atoms with Crippen LogP contribution in [0.4, 0.5) is 0 Å². The molecule has 0 fully saturated rings. The van der Waals surface area contributed by atoms with Crippen molar-refractivity contribution in [2.45, 2.75) is 32.4 Å². The van der Waals surface area contributed by atoms with Crippen LogP contribution in [0.15, 0.2) is 76.2 Å². The molecule has 2 aromatic carbocycles. The Morgan fingerprint density at radius 1 is 1.11 bits per heavy atom. The summed E-state index contributed by atoms with van der Waals surface area (Å²) in [6.45, 7) is 1.82. The number of nitrogens with zero attached hydrogens (tertiary/aromatic N) is 5. The third kappa shape index (κ3) is 3.80. The van der Waals surface area contributed by atoms with Gasteiger partial charge in [0.05, 0.1) is 11.6 Å². The molecule has 0 saturated carbocycles. The van der Waals surface area contributed by atoms with Gasteiger partial charge in [0.2, 0.25) is 11.7 Å². The third-order valence-corrected chi connectivity index (χ3v) is 6.34. The van der Waals surface area contributed by atoms with Gasteiger partial charge < -0.3 is 9.84 Å². The van der Waals surface area contributed by atoms with Crippen LogP contribution in [0.5, 0.6) is 0 Å². The van der Waals surface area contributed by atoms with Crippen LogP contribution in [0.3, 0.4) is 0 Å². The largest absolute Gasteiger partial charge is 0.350 e. The Bertz CT molecular complexity index is 1610. The highest BCUT2D eigenvalue weighted by atomic mass is 16.5. The van der Waals surface area contributed by atoms with Crippen LogP contribution >= 0.6 is 0 Å². The maximum atomic E-state index is 13.0. The molecule has 0 spiro atoms. The number of amides is 1. The average Bonchev–Trinajstić information content (AvgIpc) is 3.59. The van der Waals surface area contributed by atoms with Gasteiger partial charge >= 0.3 is 5.69 Å². The first kappa shape index (κ1) is 21.0. The lowest BCUT2D eigenvalue weighted by Crippen LogP contribution is -2.34. The second kappa shape index (κ2) is 8.35. The number of aryl methyl sites for hydroxylation is 2. The van der Waals surface area contributed by atoms with Crippen LogP contribution in [0.25, 0.3) is 28.5 Å². The number of fused-ring (bicyclic) bond motifs is 2. The summed E-state index contributed by atoms with van der Waals surface area (Å²) < 4.78 is 8.03. The highest BCUT2D eigenvalue weighted by Gasteiger charge is 2.24. The Labute approximate surface area is 200 Å². The topological polar surface area (TPSA) is 107 Å². The van der Waals surface area contributed by atoms with Crippen LogP contribution < -0.4 is 11.0 Å². The van der Waals surface area contributed by atoms with Crippen LogP contribution in [0, 0.1) is 6.92 Å². The number of hydrogen-bond donors (Lipinski definition) is 1. The number of hydrogen-bond acceptors (Lipinski definition) is 6. The predicted molar refractivity (Wildman–Crippen MR) is 129 cm³/mol. The van der Waals surface area contributed by atoms with E-state index in [9.17, 15) is 9.59 Å². The molecule has 174 valence electrons. The summed E-state index contributed by atoms with van der Waals surface area (Å²) in [4.78, 5) is 30.2. The van der Waals surface area contributed by atoms with Gasteiger partial charge in [-0.1, -0.05) is 59.3 Å². The Morgan fingerprint density at radius 2 is 1.94 bits per heavy atom. The fourth-order valence-corrected chi connectivity index (χ4v) is 4.54. The van der Waals surface area contributed by atoms with Crippen LogP contribution in [-0.2, 0) is 17.8 Å². The summed E-state index contributed by atoms with van der Waals surface area (Å²) in [6.07, 6.45) is 3.37. The fourth-order valence-electron chi connectivity index (χ4n) is 4.54. The number of carbonyl (C=O) groups excluding carboxylic acids is 1. The van der Waals surface area contributed by atoms with Gasteiger partial charge in [0.15, 0.2) is 5.65 Å². The molecule has 1 amide bonds.